The minimum atomic E-state index is -0.757. The van der Waals surface area contributed by atoms with Gasteiger partial charge in [0.15, 0.2) is 0 Å². The van der Waals surface area contributed by atoms with Crippen LogP contribution >= 0.6 is 0 Å². The van der Waals surface area contributed by atoms with Crippen LogP contribution < -0.4 is 5.32 Å². The van der Waals surface area contributed by atoms with Crippen molar-refractivity contribution in [1.82, 2.24) is 10.2 Å². The summed E-state index contributed by atoms with van der Waals surface area (Å²) < 4.78 is 5.11. The average molecular weight is 296 g/mol. The predicted octanol–water partition coefficient (Wildman–Crippen LogP) is 1.85. The molecule has 5 heteroatoms. The molecule has 0 aromatic heterocycles. The molecule has 2 amide bonds. The van der Waals surface area contributed by atoms with E-state index in [9.17, 15) is 9.59 Å². The molecule has 0 radical (unpaired) electrons. The molecule has 1 saturated carbocycles. The lowest BCUT2D eigenvalue weighted by Gasteiger charge is -2.53. The summed E-state index contributed by atoms with van der Waals surface area (Å²) in [6, 6.07) is 0. The maximum atomic E-state index is 13.0. The van der Waals surface area contributed by atoms with Gasteiger partial charge < -0.3 is 15.0 Å². The van der Waals surface area contributed by atoms with E-state index in [1.807, 2.05) is 18.7 Å². The van der Waals surface area contributed by atoms with E-state index in [1.54, 1.807) is 7.11 Å². The highest BCUT2D eigenvalue weighted by atomic mass is 16.5. The molecule has 1 aliphatic heterocycles. The smallest absolute Gasteiger partial charge is 0.248 e. The van der Waals surface area contributed by atoms with Crippen molar-refractivity contribution in [3.63, 3.8) is 0 Å². The van der Waals surface area contributed by atoms with Gasteiger partial charge in [-0.25, -0.2) is 0 Å². The summed E-state index contributed by atoms with van der Waals surface area (Å²) in [7, 11) is 1.66. The highest BCUT2D eigenvalue weighted by Crippen LogP contribution is 2.39. The molecule has 120 valence electrons. The Labute approximate surface area is 127 Å². The monoisotopic (exact) mass is 296 g/mol. The van der Waals surface area contributed by atoms with Gasteiger partial charge in [-0.05, 0) is 32.6 Å². The molecule has 0 aromatic rings. The van der Waals surface area contributed by atoms with E-state index in [1.165, 1.54) is 0 Å². The molecule has 5 nitrogen and oxygen atoms in total. The fraction of sp³-hybridized carbons (Fsp3) is 0.875. The summed E-state index contributed by atoms with van der Waals surface area (Å²) in [6.07, 6.45) is 6.16. The third-order valence-electron chi connectivity index (χ3n) is 5.16. The Morgan fingerprint density at radius 3 is 2.48 bits per heavy atom. The van der Waals surface area contributed by atoms with Gasteiger partial charge in [-0.2, -0.15) is 0 Å². The lowest BCUT2D eigenvalue weighted by atomic mass is 9.75. The van der Waals surface area contributed by atoms with Gasteiger partial charge in [0, 0.05) is 20.3 Å². The van der Waals surface area contributed by atoms with Crippen LogP contribution in [0.5, 0.6) is 0 Å². The number of methoxy groups -OCH3 is 1. The molecule has 1 heterocycles. The van der Waals surface area contributed by atoms with E-state index in [4.69, 9.17) is 4.74 Å². The Hall–Kier alpha value is -1.10. The summed E-state index contributed by atoms with van der Waals surface area (Å²) in [5, 5.41) is 3.01. The van der Waals surface area contributed by atoms with Crippen LogP contribution in [0.4, 0.5) is 0 Å². The Morgan fingerprint density at radius 1 is 1.24 bits per heavy atom. The van der Waals surface area contributed by atoms with Crippen molar-refractivity contribution in [3.8, 4) is 0 Å². The zero-order valence-corrected chi connectivity index (χ0v) is 13.5. The number of nitrogens with zero attached hydrogens (tertiary/aromatic N) is 1. The van der Waals surface area contributed by atoms with Crippen molar-refractivity contribution in [2.24, 2.45) is 0 Å². The standard InChI is InChI=1S/C16H28N2O3/c1-4-15(2)14(20)18(11-8-12-21-3)16(13(19)17-15)9-6-5-7-10-16/h4-12H2,1-3H3,(H,17,19). The van der Waals surface area contributed by atoms with Crippen LogP contribution in [0.15, 0.2) is 0 Å². The van der Waals surface area contributed by atoms with Crippen molar-refractivity contribution in [2.75, 3.05) is 20.3 Å². The first-order chi connectivity index (χ1) is 10.00. The Balaban J connectivity index is 2.28. The summed E-state index contributed by atoms with van der Waals surface area (Å²) in [5.74, 6) is 0.117. The van der Waals surface area contributed by atoms with Crippen molar-refractivity contribution in [1.29, 1.82) is 0 Å². The van der Waals surface area contributed by atoms with E-state index in [2.05, 4.69) is 5.32 Å². The van der Waals surface area contributed by atoms with Gasteiger partial charge in [0.2, 0.25) is 11.8 Å². The second-order valence-corrected chi connectivity index (χ2v) is 6.54. The third-order valence-corrected chi connectivity index (χ3v) is 5.16. The third kappa shape index (κ3) is 2.80. The molecular formula is C16H28N2O3. The predicted molar refractivity (Wildman–Crippen MR) is 80.9 cm³/mol. The van der Waals surface area contributed by atoms with Gasteiger partial charge >= 0.3 is 0 Å². The molecule has 1 aliphatic carbocycles. The van der Waals surface area contributed by atoms with Crippen molar-refractivity contribution in [2.45, 2.75) is 69.9 Å². The molecule has 1 N–H and O–H groups in total. The van der Waals surface area contributed by atoms with E-state index >= 15 is 0 Å². The van der Waals surface area contributed by atoms with E-state index in [-0.39, 0.29) is 11.8 Å². The number of hydrogen-bond acceptors (Lipinski definition) is 3. The number of piperazine rings is 1. The highest BCUT2D eigenvalue weighted by Gasteiger charge is 2.55. The fourth-order valence-corrected chi connectivity index (χ4v) is 3.59. The quantitative estimate of drug-likeness (QED) is 0.788. The van der Waals surface area contributed by atoms with Gasteiger partial charge in [0.25, 0.3) is 0 Å². The molecule has 2 rings (SSSR count). The van der Waals surface area contributed by atoms with Gasteiger partial charge in [-0.1, -0.05) is 26.2 Å². The fourth-order valence-electron chi connectivity index (χ4n) is 3.59. The molecule has 2 aliphatic rings. The first-order valence-electron chi connectivity index (χ1n) is 8.14. The highest BCUT2D eigenvalue weighted by molar-refractivity contribution is 6.02. The van der Waals surface area contributed by atoms with Crippen molar-refractivity contribution >= 4 is 11.8 Å². The van der Waals surface area contributed by atoms with Crippen molar-refractivity contribution < 1.29 is 14.3 Å². The SMILES string of the molecule is CCC1(C)NC(=O)C2(CCCCC2)N(CCCOC)C1=O. The molecule has 1 atom stereocenters. The average Bonchev–Trinajstić information content (AvgIpc) is 2.50. The Bertz CT molecular complexity index is 404. The summed E-state index contributed by atoms with van der Waals surface area (Å²) in [4.78, 5) is 27.6. The van der Waals surface area contributed by atoms with Crippen LogP contribution in [-0.2, 0) is 14.3 Å². The second kappa shape index (κ2) is 6.34. The maximum Gasteiger partial charge on any atom is 0.248 e. The number of rotatable bonds is 5. The number of carbonyl (C=O) groups excluding carboxylic acids is 2. The summed E-state index contributed by atoms with van der Waals surface area (Å²) >= 11 is 0. The largest absolute Gasteiger partial charge is 0.385 e. The molecule has 1 saturated heterocycles. The lowest BCUT2D eigenvalue weighted by molar-refractivity contribution is -0.165. The molecule has 0 aromatic carbocycles. The van der Waals surface area contributed by atoms with Gasteiger partial charge in [0.05, 0.1) is 0 Å². The van der Waals surface area contributed by atoms with Crippen LogP contribution in [0.3, 0.4) is 0 Å². The second-order valence-electron chi connectivity index (χ2n) is 6.54. The van der Waals surface area contributed by atoms with E-state index in [0.29, 0.717) is 19.6 Å². The molecule has 2 fully saturated rings. The number of hydrogen-bond donors (Lipinski definition) is 1. The van der Waals surface area contributed by atoms with Crippen LogP contribution in [0.1, 0.15) is 58.8 Å². The number of nitrogens with one attached hydrogen (secondary N) is 1. The Morgan fingerprint density at radius 2 is 1.90 bits per heavy atom. The molecule has 1 spiro atoms. The topological polar surface area (TPSA) is 58.6 Å². The van der Waals surface area contributed by atoms with Crippen LogP contribution in [0, 0.1) is 0 Å². The maximum absolute atomic E-state index is 13.0. The zero-order valence-electron chi connectivity index (χ0n) is 13.5. The number of ether oxygens (including phenoxy) is 1. The summed E-state index contributed by atoms with van der Waals surface area (Å²) in [5.41, 5.74) is -1.37. The van der Waals surface area contributed by atoms with E-state index < -0.39 is 11.1 Å². The Kier molecular flexibility index (Phi) is 4.91. The zero-order chi connectivity index (χ0) is 15.5. The number of amides is 2. The van der Waals surface area contributed by atoms with Gasteiger partial charge in [-0.3, -0.25) is 9.59 Å². The van der Waals surface area contributed by atoms with Gasteiger partial charge in [0.1, 0.15) is 11.1 Å². The van der Waals surface area contributed by atoms with Crippen LogP contribution in [0.25, 0.3) is 0 Å². The first kappa shape index (κ1) is 16.3. The molecular weight excluding hydrogens is 268 g/mol. The first-order valence-corrected chi connectivity index (χ1v) is 8.14. The van der Waals surface area contributed by atoms with Crippen molar-refractivity contribution in [3.05, 3.63) is 0 Å². The lowest BCUT2D eigenvalue weighted by Crippen LogP contribution is -2.75. The van der Waals surface area contributed by atoms with Crippen LogP contribution in [0.2, 0.25) is 0 Å². The molecule has 0 bridgehead atoms. The summed E-state index contributed by atoms with van der Waals surface area (Å²) in [6.45, 7) is 5.01. The minimum absolute atomic E-state index is 0.0450. The molecule has 21 heavy (non-hydrogen) atoms. The van der Waals surface area contributed by atoms with Crippen LogP contribution in [-0.4, -0.2) is 48.1 Å². The van der Waals surface area contributed by atoms with Gasteiger partial charge in [-0.15, -0.1) is 0 Å². The normalized spacial score (nSPS) is 28.8. The molecule has 1 unspecified atom stereocenters. The van der Waals surface area contributed by atoms with E-state index in [0.717, 1.165) is 38.5 Å². The number of carbonyl (C=O) groups is 2. The minimum Gasteiger partial charge on any atom is -0.385 e.